The van der Waals surface area contributed by atoms with E-state index in [2.05, 4.69) is 10.6 Å². The predicted molar refractivity (Wildman–Crippen MR) is 63.3 cm³/mol. The molecule has 0 fully saturated rings. The number of hydrogen-bond acceptors (Lipinski definition) is 3. The van der Waals surface area contributed by atoms with E-state index in [1.54, 1.807) is 7.11 Å². The second-order valence-electron chi connectivity index (χ2n) is 3.59. The molecule has 0 bridgehead atoms. The van der Waals surface area contributed by atoms with Crippen LogP contribution < -0.4 is 15.4 Å². The van der Waals surface area contributed by atoms with Crippen LogP contribution in [0.15, 0.2) is 18.2 Å². The highest BCUT2D eigenvalue weighted by molar-refractivity contribution is 5.72. The summed E-state index contributed by atoms with van der Waals surface area (Å²) in [6.07, 6.45) is 0. The maximum absolute atomic E-state index is 10.9. The van der Waals surface area contributed by atoms with Gasteiger partial charge in [-0.3, -0.25) is 4.79 Å². The summed E-state index contributed by atoms with van der Waals surface area (Å²) in [5.74, 6) is 0.759. The number of hydrogen-bond donors (Lipinski definition) is 2. The zero-order chi connectivity index (χ0) is 12.0. The minimum Gasteiger partial charge on any atom is -0.496 e. The number of rotatable bonds is 5. The van der Waals surface area contributed by atoms with Gasteiger partial charge in [0.15, 0.2) is 0 Å². The van der Waals surface area contributed by atoms with Crippen LogP contribution in [0.3, 0.4) is 0 Å². The van der Waals surface area contributed by atoms with E-state index in [-0.39, 0.29) is 5.91 Å². The topological polar surface area (TPSA) is 50.4 Å². The minimum absolute atomic E-state index is 0.0407. The Labute approximate surface area is 96.0 Å². The summed E-state index contributed by atoms with van der Waals surface area (Å²) in [6.45, 7) is 2.80. The zero-order valence-electron chi connectivity index (χ0n) is 9.96. The Bertz CT molecular complexity index is 364. The average Bonchev–Trinajstić information content (AvgIpc) is 2.27. The summed E-state index contributed by atoms with van der Waals surface area (Å²) in [5.41, 5.74) is 2.16. The third-order valence-corrected chi connectivity index (χ3v) is 2.25. The summed E-state index contributed by atoms with van der Waals surface area (Å²) < 4.78 is 5.24. The highest BCUT2D eigenvalue weighted by Crippen LogP contribution is 2.19. The smallest absolute Gasteiger partial charge is 0.217 e. The van der Waals surface area contributed by atoms with Gasteiger partial charge in [-0.15, -0.1) is 0 Å². The molecule has 0 aromatic heterocycles. The van der Waals surface area contributed by atoms with Gasteiger partial charge in [-0.05, 0) is 24.7 Å². The molecule has 1 amide bonds. The molecule has 0 aliphatic heterocycles. The SMILES string of the molecule is CNCc1ccc(OC)c(CNC(C)=O)c1. The first-order chi connectivity index (χ1) is 7.67. The number of nitrogens with one attached hydrogen (secondary N) is 2. The summed E-state index contributed by atoms with van der Waals surface area (Å²) in [7, 11) is 3.53. The number of ether oxygens (including phenoxy) is 1. The van der Waals surface area contributed by atoms with Gasteiger partial charge in [-0.25, -0.2) is 0 Å². The molecule has 0 unspecified atom stereocenters. The number of benzene rings is 1. The molecule has 4 heteroatoms. The molecule has 4 nitrogen and oxygen atoms in total. The number of carbonyl (C=O) groups is 1. The lowest BCUT2D eigenvalue weighted by Gasteiger charge is -2.11. The Morgan fingerprint density at radius 2 is 2.12 bits per heavy atom. The van der Waals surface area contributed by atoms with E-state index in [0.717, 1.165) is 17.9 Å². The van der Waals surface area contributed by atoms with Crippen LogP contribution in [-0.2, 0) is 17.9 Å². The third kappa shape index (κ3) is 3.55. The van der Waals surface area contributed by atoms with Gasteiger partial charge in [0.25, 0.3) is 0 Å². The summed E-state index contributed by atoms with van der Waals surface area (Å²) in [5, 5.41) is 5.85. The van der Waals surface area contributed by atoms with Crippen LogP contribution in [0.2, 0.25) is 0 Å². The van der Waals surface area contributed by atoms with E-state index in [9.17, 15) is 4.79 Å². The van der Waals surface area contributed by atoms with Crippen LogP contribution in [0.25, 0.3) is 0 Å². The average molecular weight is 222 g/mol. The van der Waals surface area contributed by atoms with Crippen LogP contribution in [-0.4, -0.2) is 20.1 Å². The zero-order valence-corrected chi connectivity index (χ0v) is 9.96. The van der Waals surface area contributed by atoms with Crippen LogP contribution in [0, 0.1) is 0 Å². The molecule has 0 saturated carbocycles. The lowest BCUT2D eigenvalue weighted by molar-refractivity contribution is -0.119. The fraction of sp³-hybridized carbons (Fsp3) is 0.417. The normalized spacial score (nSPS) is 9.94. The molecule has 0 aliphatic rings. The van der Waals surface area contributed by atoms with Crippen LogP contribution in [0.4, 0.5) is 0 Å². The molecule has 1 aromatic carbocycles. The standard InChI is InChI=1S/C12H18N2O2/c1-9(15)14-8-11-6-10(7-13-2)4-5-12(11)16-3/h4-6,13H,7-8H2,1-3H3,(H,14,15). The maximum Gasteiger partial charge on any atom is 0.217 e. The van der Waals surface area contributed by atoms with Crippen molar-refractivity contribution in [2.75, 3.05) is 14.2 Å². The first kappa shape index (κ1) is 12.5. The van der Waals surface area contributed by atoms with E-state index in [0.29, 0.717) is 6.54 Å². The van der Waals surface area contributed by atoms with E-state index in [4.69, 9.17) is 4.74 Å². The molecule has 0 radical (unpaired) electrons. The van der Waals surface area contributed by atoms with Crippen LogP contribution in [0.5, 0.6) is 5.75 Å². The van der Waals surface area contributed by atoms with Crippen molar-refractivity contribution in [3.63, 3.8) is 0 Å². The van der Waals surface area contributed by atoms with Crippen LogP contribution >= 0.6 is 0 Å². The quantitative estimate of drug-likeness (QED) is 0.783. The van der Waals surface area contributed by atoms with Crippen molar-refractivity contribution in [3.05, 3.63) is 29.3 Å². The second-order valence-corrected chi connectivity index (χ2v) is 3.59. The van der Waals surface area contributed by atoms with E-state index >= 15 is 0 Å². The molecule has 0 saturated heterocycles. The van der Waals surface area contributed by atoms with Gasteiger partial charge in [-0.2, -0.15) is 0 Å². The van der Waals surface area contributed by atoms with Crippen molar-refractivity contribution in [1.82, 2.24) is 10.6 Å². The fourth-order valence-electron chi connectivity index (χ4n) is 1.50. The number of carbonyl (C=O) groups excluding carboxylic acids is 1. The lowest BCUT2D eigenvalue weighted by atomic mass is 10.1. The van der Waals surface area contributed by atoms with Gasteiger partial charge >= 0.3 is 0 Å². The van der Waals surface area contributed by atoms with Gasteiger partial charge < -0.3 is 15.4 Å². The predicted octanol–water partition coefficient (Wildman–Crippen LogP) is 1.05. The Morgan fingerprint density at radius 1 is 1.38 bits per heavy atom. The summed E-state index contributed by atoms with van der Waals surface area (Å²) in [4.78, 5) is 10.9. The molecule has 0 atom stereocenters. The third-order valence-electron chi connectivity index (χ3n) is 2.25. The number of methoxy groups -OCH3 is 1. The van der Waals surface area contributed by atoms with Gasteiger partial charge in [0.1, 0.15) is 5.75 Å². The Kier molecular flexibility index (Phi) is 4.79. The van der Waals surface area contributed by atoms with Crippen LogP contribution in [0.1, 0.15) is 18.1 Å². The molecule has 1 rings (SSSR count). The second kappa shape index (κ2) is 6.12. The first-order valence-electron chi connectivity index (χ1n) is 5.22. The van der Waals surface area contributed by atoms with Gasteiger partial charge in [-0.1, -0.05) is 6.07 Å². The van der Waals surface area contributed by atoms with Crippen molar-refractivity contribution >= 4 is 5.91 Å². The molecule has 88 valence electrons. The Balaban J connectivity index is 2.83. The van der Waals surface area contributed by atoms with Crippen molar-refractivity contribution in [3.8, 4) is 5.75 Å². The lowest BCUT2D eigenvalue weighted by Crippen LogP contribution is -2.19. The largest absolute Gasteiger partial charge is 0.496 e. The first-order valence-corrected chi connectivity index (χ1v) is 5.22. The summed E-state index contributed by atoms with van der Waals surface area (Å²) >= 11 is 0. The van der Waals surface area contributed by atoms with Gasteiger partial charge in [0.2, 0.25) is 5.91 Å². The maximum atomic E-state index is 10.9. The molecule has 0 heterocycles. The Morgan fingerprint density at radius 3 is 2.69 bits per heavy atom. The fourth-order valence-corrected chi connectivity index (χ4v) is 1.50. The van der Waals surface area contributed by atoms with E-state index in [1.807, 2.05) is 25.2 Å². The van der Waals surface area contributed by atoms with Crippen molar-refractivity contribution < 1.29 is 9.53 Å². The van der Waals surface area contributed by atoms with Crippen molar-refractivity contribution in [1.29, 1.82) is 0 Å². The highest BCUT2D eigenvalue weighted by Gasteiger charge is 2.04. The molecule has 2 N–H and O–H groups in total. The van der Waals surface area contributed by atoms with Gasteiger partial charge in [0, 0.05) is 25.6 Å². The monoisotopic (exact) mass is 222 g/mol. The Hall–Kier alpha value is -1.55. The molecule has 1 aromatic rings. The molecular formula is C12H18N2O2. The minimum atomic E-state index is -0.0407. The van der Waals surface area contributed by atoms with Crippen molar-refractivity contribution in [2.45, 2.75) is 20.0 Å². The van der Waals surface area contributed by atoms with E-state index < -0.39 is 0 Å². The molecule has 16 heavy (non-hydrogen) atoms. The summed E-state index contributed by atoms with van der Waals surface area (Å²) in [6, 6.07) is 5.96. The van der Waals surface area contributed by atoms with Gasteiger partial charge in [0.05, 0.1) is 7.11 Å². The van der Waals surface area contributed by atoms with E-state index in [1.165, 1.54) is 12.5 Å². The molecular weight excluding hydrogens is 204 g/mol. The molecule has 0 spiro atoms. The highest BCUT2D eigenvalue weighted by atomic mass is 16.5. The number of amides is 1. The molecule has 0 aliphatic carbocycles. The van der Waals surface area contributed by atoms with Crippen molar-refractivity contribution in [2.24, 2.45) is 0 Å².